The molecule has 6 atom stereocenters. The number of hydrogen-bond donors (Lipinski definition) is 8. The van der Waals surface area contributed by atoms with Gasteiger partial charge in [0.1, 0.15) is 24.2 Å². The van der Waals surface area contributed by atoms with Gasteiger partial charge in [0.15, 0.2) is 0 Å². The summed E-state index contributed by atoms with van der Waals surface area (Å²) in [6.07, 6.45) is -3.28. The molecule has 10 N–H and O–H groups in total. The van der Waals surface area contributed by atoms with Gasteiger partial charge in [-0.1, -0.05) is 30.3 Å². The van der Waals surface area contributed by atoms with Crippen LogP contribution >= 0.6 is 0 Å². The standard InChI is InChI=1S/C22H33N5O8/c1-11(28)17(24)20(32)27-18(12(2)29)21(33)25-14(8-9-16(23)30)19(31)26-15(22(34)35)10-13-6-4-3-5-7-13/h3-7,11-12,14-15,17-18,28-29H,8-10,24H2,1-2H3,(H2,23,30)(H,25,33)(H,26,31)(H,27,32)(H,34,35). The van der Waals surface area contributed by atoms with E-state index in [4.69, 9.17) is 11.5 Å². The third-order valence-electron chi connectivity index (χ3n) is 5.09. The van der Waals surface area contributed by atoms with Gasteiger partial charge in [-0.25, -0.2) is 4.79 Å². The number of aliphatic carboxylic acids is 1. The molecule has 13 heteroatoms. The molecular weight excluding hydrogens is 462 g/mol. The van der Waals surface area contributed by atoms with Crippen molar-refractivity contribution in [3.63, 3.8) is 0 Å². The van der Waals surface area contributed by atoms with Crippen molar-refractivity contribution in [1.29, 1.82) is 0 Å². The molecule has 0 aromatic heterocycles. The Morgan fingerprint density at radius 2 is 1.43 bits per heavy atom. The van der Waals surface area contributed by atoms with Gasteiger partial charge in [0, 0.05) is 12.8 Å². The van der Waals surface area contributed by atoms with Gasteiger partial charge in [-0.2, -0.15) is 0 Å². The molecule has 35 heavy (non-hydrogen) atoms. The molecule has 0 saturated heterocycles. The molecule has 194 valence electrons. The second-order valence-electron chi connectivity index (χ2n) is 8.15. The number of benzene rings is 1. The first-order valence-corrected chi connectivity index (χ1v) is 10.9. The Labute approximate surface area is 202 Å². The number of carbonyl (C=O) groups is 5. The molecule has 6 unspecified atom stereocenters. The summed E-state index contributed by atoms with van der Waals surface area (Å²) in [4.78, 5) is 60.7. The number of aliphatic hydroxyl groups excluding tert-OH is 2. The van der Waals surface area contributed by atoms with Gasteiger partial charge in [-0.3, -0.25) is 19.2 Å². The highest BCUT2D eigenvalue weighted by molar-refractivity contribution is 5.94. The van der Waals surface area contributed by atoms with Crippen LogP contribution in [0.5, 0.6) is 0 Å². The van der Waals surface area contributed by atoms with Crippen LogP contribution in [0.25, 0.3) is 0 Å². The predicted molar refractivity (Wildman–Crippen MR) is 123 cm³/mol. The summed E-state index contributed by atoms with van der Waals surface area (Å²) in [5.41, 5.74) is 11.3. The lowest BCUT2D eigenvalue weighted by Gasteiger charge is -2.26. The number of carboxylic acid groups (broad SMARTS) is 1. The van der Waals surface area contributed by atoms with Gasteiger partial charge in [0.05, 0.1) is 12.2 Å². The van der Waals surface area contributed by atoms with E-state index in [2.05, 4.69) is 16.0 Å². The van der Waals surface area contributed by atoms with Crippen LogP contribution in [-0.2, 0) is 30.4 Å². The largest absolute Gasteiger partial charge is 0.480 e. The third kappa shape index (κ3) is 10.1. The van der Waals surface area contributed by atoms with Crippen molar-refractivity contribution in [3.8, 4) is 0 Å². The average Bonchev–Trinajstić information content (AvgIpc) is 2.78. The number of hydrogen-bond acceptors (Lipinski definition) is 8. The number of amides is 4. The summed E-state index contributed by atoms with van der Waals surface area (Å²) in [6, 6.07) is 2.84. The van der Waals surface area contributed by atoms with E-state index in [-0.39, 0.29) is 19.3 Å². The summed E-state index contributed by atoms with van der Waals surface area (Å²) in [5, 5.41) is 35.8. The van der Waals surface area contributed by atoms with Crippen molar-refractivity contribution < 1.29 is 39.3 Å². The van der Waals surface area contributed by atoms with Crippen molar-refractivity contribution in [2.24, 2.45) is 11.5 Å². The summed E-state index contributed by atoms with van der Waals surface area (Å²) in [5.74, 6) is -4.90. The topological polar surface area (TPSA) is 234 Å². The maximum absolute atomic E-state index is 12.9. The van der Waals surface area contributed by atoms with Crippen LogP contribution < -0.4 is 27.4 Å². The number of nitrogens with one attached hydrogen (secondary N) is 3. The second-order valence-corrected chi connectivity index (χ2v) is 8.15. The molecule has 0 fully saturated rings. The van der Waals surface area contributed by atoms with Crippen molar-refractivity contribution in [2.45, 2.75) is 69.5 Å². The van der Waals surface area contributed by atoms with Crippen LogP contribution in [0.2, 0.25) is 0 Å². The van der Waals surface area contributed by atoms with E-state index in [1.54, 1.807) is 30.3 Å². The summed E-state index contributed by atoms with van der Waals surface area (Å²) in [7, 11) is 0. The molecule has 0 aliphatic heterocycles. The SMILES string of the molecule is CC(O)C(N)C(=O)NC(C(=O)NC(CCC(N)=O)C(=O)NC(Cc1ccccc1)C(=O)O)C(C)O. The highest BCUT2D eigenvalue weighted by Gasteiger charge is 2.33. The predicted octanol–water partition coefficient (Wildman–Crippen LogP) is -2.88. The monoisotopic (exact) mass is 495 g/mol. The summed E-state index contributed by atoms with van der Waals surface area (Å²) < 4.78 is 0. The molecule has 0 aliphatic carbocycles. The van der Waals surface area contributed by atoms with Gasteiger partial charge in [0.2, 0.25) is 23.6 Å². The second kappa shape index (κ2) is 14.0. The minimum Gasteiger partial charge on any atom is -0.480 e. The molecule has 0 radical (unpaired) electrons. The zero-order valence-corrected chi connectivity index (χ0v) is 19.5. The molecule has 4 amide bonds. The molecule has 13 nitrogen and oxygen atoms in total. The summed E-state index contributed by atoms with van der Waals surface area (Å²) >= 11 is 0. The molecule has 0 aliphatic rings. The minimum absolute atomic E-state index is 0.0397. The van der Waals surface area contributed by atoms with E-state index in [1.807, 2.05) is 0 Å². The average molecular weight is 496 g/mol. The van der Waals surface area contributed by atoms with Crippen LogP contribution in [0.4, 0.5) is 0 Å². The molecule has 1 aromatic carbocycles. The van der Waals surface area contributed by atoms with Gasteiger partial charge >= 0.3 is 5.97 Å². The zero-order chi connectivity index (χ0) is 26.7. The Kier molecular flexibility index (Phi) is 11.8. The van der Waals surface area contributed by atoms with Crippen LogP contribution in [0.3, 0.4) is 0 Å². The van der Waals surface area contributed by atoms with Crippen molar-refractivity contribution >= 4 is 29.6 Å². The van der Waals surface area contributed by atoms with E-state index in [0.29, 0.717) is 5.56 Å². The van der Waals surface area contributed by atoms with Gasteiger partial charge < -0.3 is 42.7 Å². The van der Waals surface area contributed by atoms with Crippen LogP contribution in [0.1, 0.15) is 32.3 Å². The third-order valence-corrected chi connectivity index (χ3v) is 5.09. The number of carboxylic acids is 1. The minimum atomic E-state index is -1.56. The number of aliphatic hydroxyl groups is 2. The van der Waals surface area contributed by atoms with Gasteiger partial charge in [-0.05, 0) is 25.8 Å². The normalized spacial score (nSPS) is 16.0. The van der Waals surface area contributed by atoms with E-state index in [1.165, 1.54) is 13.8 Å². The number of carbonyl (C=O) groups excluding carboxylic acids is 4. The lowest BCUT2D eigenvalue weighted by Crippen LogP contribution is -2.60. The quantitative estimate of drug-likeness (QED) is 0.132. The number of primary amides is 1. The Bertz CT molecular complexity index is 893. The lowest BCUT2D eigenvalue weighted by atomic mass is 10.0. The van der Waals surface area contributed by atoms with Gasteiger partial charge in [-0.15, -0.1) is 0 Å². The Balaban J connectivity index is 3.02. The zero-order valence-electron chi connectivity index (χ0n) is 19.5. The fraction of sp³-hybridized carbons (Fsp3) is 0.500. The lowest BCUT2D eigenvalue weighted by molar-refractivity contribution is -0.142. The van der Waals surface area contributed by atoms with E-state index >= 15 is 0 Å². The molecular formula is C22H33N5O8. The maximum atomic E-state index is 12.9. The van der Waals surface area contributed by atoms with Crippen LogP contribution in [-0.4, -0.2) is 81.3 Å². The highest BCUT2D eigenvalue weighted by Crippen LogP contribution is 2.06. The van der Waals surface area contributed by atoms with Gasteiger partial charge in [0.25, 0.3) is 0 Å². The fourth-order valence-electron chi connectivity index (χ4n) is 3.01. The maximum Gasteiger partial charge on any atom is 0.326 e. The Morgan fingerprint density at radius 1 is 0.857 bits per heavy atom. The molecule has 0 heterocycles. The van der Waals surface area contributed by atoms with Crippen molar-refractivity contribution in [2.75, 3.05) is 0 Å². The van der Waals surface area contributed by atoms with Crippen LogP contribution in [0, 0.1) is 0 Å². The first-order valence-electron chi connectivity index (χ1n) is 10.9. The number of rotatable bonds is 14. The van der Waals surface area contributed by atoms with E-state index < -0.39 is 66.0 Å². The van der Waals surface area contributed by atoms with Crippen molar-refractivity contribution in [3.05, 3.63) is 35.9 Å². The smallest absolute Gasteiger partial charge is 0.326 e. The summed E-state index contributed by atoms with van der Waals surface area (Å²) in [6.45, 7) is 2.47. The first kappa shape index (κ1) is 29.5. The fourth-order valence-corrected chi connectivity index (χ4v) is 3.01. The Morgan fingerprint density at radius 3 is 1.91 bits per heavy atom. The van der Waals surface area contributed by atoms with Crippen molar-refractivity contribution in [1.82, 2.24) is 16.0 Å². The molecule has 0 bridgehead atoms. The number of nitrogens with two attached hydrogens (primary N) is 2. The molecule has 1 aromatic rings. The Hall–Kier alpha value is -3.55. The highest BCUT2D eigenvalue weighted by atomic mass is 16.4. The van der Waals surface area contributed by atoms with Crippen LogP contribution in [0.15, 0.2) is 30.3 Å². The molecule has 1 rings (SSSR count). The molecule has 0 saturated carbocycles. The molecule has 0 spiro atoms. The van der Waals surface area contributed by atoms with E-state index in [9.17, 15) is 39.3 Å². The first-order chi connectivity index (χ1) is 16.3. The van der Waals surface area contributed by atoms with E-state index in [0.717, 1.165) is 0 Å².